The van der Waals surface area contributed by atoms with Crippen LogP contribution in [-0.2, 0) is 23.7 Å². The molecule has 34 heavy (non-hydrogen) atoms. The molecule has 5 nitrogen and oxygen atoms in total. The summed E-state index contributed by atoms with van der Waals surface area (Å²) >= 11 is 0. The molecule has 0 fully saturated rings. The van der Waals surface area contributed by atoms with Gasteiger partial charge in [0.05, 0.1) is 13.6 Å². The maximum absolute atomic E-state index is 11.4. The van der Waals surface area contributed by atoms with Crippen molar-refractivity contribution in [2.24, 2.45) is 7.05 Å². The lowest BCUT2D eigenvalue weighted by molar-refractivity contribution is -0.696. The number of unbranched alkanes of at least 4 members (excludes halogenated alkanes) is 15. The van der Waals surface area contributed by atoms with E-state index < -0.39 is 21.8 Å². The molecule has 0 radical (unpaired) electrons. The summed E-state index contributed by atoms with van der Waals surface area (Å²) in [5, 5.41) is -5.48. The van der Waals surface area contributed by atoms with Crippen molar-refractivity contribution in [1.29, 1.82) is 0 Å². The second-order valence-corrected chi connectivity index (χ2v) is 10.4. The van der Waals surface area contributed by atoms with Crippen molar-refractivity contribution < 1.29 is 35.1 Å². The van der Waals surface area contributed by atoms with Crippen LogP contribution in [0.5, 0.6) is 0 Å². The minimum absolute atomic E-state index is 1.18. The molecule has 0 saturated carbocycles. The number of aromatic nitrogens is 2. The molecule has 0 bridgehead atoms. The zero-order valence-electron chi connectivity index (χ0n) is 20.9. The first-order valence-electron chi connectivity index (χ1n) is 12.6. The molecule has 0 saturated heterocycles. The third-order valence-corrected chi connectivity index (χ3v) is 6.53. The van der Waals surface area contributed by atoms with Gasteiger partial charge in [0.1, 0.15) is 12.4 Å². The summed E-state index contributed by atoms with van der Waals surface area (Å²) in [6, 6.07) is 0. The van der Waals surface area contributed by atoms with Crippen molar-refractivity contribution in [3.8, 4) is 0 Å². The summed E-state index contributed by atoms with van der Waals surface area (Å²) in [6.45, 7) is 3.48. The first kappa shape index (κ1) is 32.8. The lowest BCUT2D eigenvalue weighted by Gasteiger charge is -2.17. The minimum atomic E-state index is -6.23. The Kier molecular flexibility index (Phi) is 18.4. The summed E-state index contributed by atoms with van der Waals surface area (Å²) in [5.74, 6) is 0. The molecule has 1 aromatic rings. The van der Waals surface area contributed by atoms with Gasteiger partial charge in [-0.15, -0.1) is 0 Å². The summed E-state index contributed by atoms with van der Waals surface area (Å²) in [6.07, 6.45) is 25.0. The quantitative estimate of drug-likeness (QED) is 0.0864. The molecule has 0 N–H and O–H groups in total. The summed E-state index contributed by atoms with van der Waals surface area (Å²) in [4.78, 5) is 0. The predicted molar refractivity (Wildman–Crippen MR) is 126 cm³/mol. The molecule has 0 unspecified atom stereocenters. The monoisotopic (exact) mass is 516 g/mol. The van der Waals surface area contributed by atoms with Crippen LogP contribution in [0, 0.1) is 0 Å². The van der Waals surface area contributed by atoms with Crippen molar-refractivity contribution in [3.63, 3.8) is 0 Å². The Morgan fingerprint density at radius 3 is 1.47 bits per heavy atom. The number of aryl methyl sites for hydroxylation is 2. The number of rotatable bonds is 19. The van der Waals surface area contributed by atoms with Gasteiger partial charge in [0, 0.05) is 0 Å². The standard InChI is InChI=1S/C22H43N2.C2H2F4O3S/c1-3-4-5-6-7-8-9-10-11-12-13-14-15-16-17-18-19-24-21-20-23(2)22-24;3-1(4)2(5,6)10(7,8)9/h20-22H,3-19H2,1-2H3;1H,(H,7,8,9)/q+1;/p-1. The average molecular weight is 517 g/mol. The van der Waals surface area contributed by atoms with Crippen LogP contribution in [-0.4, -0.2) is 29.2 Å². The van der Waals surface area contributed by atoms with Crippen LogP contribution in [0.3, 0.4) is 0 Å². The molecule has 1 rings (SSSR count). The van der Waals surface area contributed by atoms with E-state index in [0.29, 0.717) is 0 Å². The van der Waals surface area contributed by atoms with Gasteiger partial charge < -0.3 is 4.55 Å². The molecular weight excluding hydrogens is 472 g/mol. The maximum atomic E-state index is 11.4. The highest BCUT2D eigenvalue weighted by molar-refractivity contribution is 7.86. The minimum Gasteiger partial charge on any atom is -0.743 e. The summed E-state index contributed by atoms with van der Waals surface area (Å²) in [7, 11) is -4.15. The van der Waals surface area contributed by atoms with Gasteiger partial charge in [0.2, 0.25) is 6.33 Å². The molecule has 0 aliphatic carbocycles. The number of halogens is 4. The van der Waals surface area contributed by atoms with E-state index in [9.17, 15) is 30.5 Å². The van der Waals surface area contributed by atoms with Crippen LogP contribution in [0.2, 0.25) is 0 Å². The third-order valence-electron chi connectivity index (χ3n) is 5.68. The highest BCUT2D eigenvalue weighted by Gasteiger charge is 2.48. The van der Waals surface area contributed by atoms with E-state index >= 15 is 0 Å². The van der Waals surface area contributed by atoms with Crippen molar-refractivity contribution >= 4 is 10.1 Å². The lowest BCUT2D eigenvalue weighted by atomic mass is 10.0. The molecule has 1 heterocycles. The van der Waals surface area contributed by atoms with E-state index in [1.807, 2.05) is 0 Å². The van der Waals surface area contributed by atoms with Crippen LogP contribution in [0.1, 0.15) is 110 Å². The molecule has 10 heteroatoms. The van der Waals surface area contributed by atoms with Crippen molar-refractivity contribution in [2.45, 2.75) is 128 Å². The Bertz CT molecular complexity index is 713. The van der Waals surface area contributed by atoms with E-state index in [0.717, 1.165) is 0 Å². The van der Waals surface area contributed by atoms with Crippen LogP contribution >= 0.6 is 0 Å². The van der Waals surface area contributed by atoms with Crippen LogP contribution in [0.15, 0.2) is 18.7 Å². The zero-order chi connectivity index (χ0) is 25.9. The Hall–Kier alpha value is -1.16. The number of imidazole rings is 1. The second kappa shape index (κ2) is 19.1. The van der Waals surface area contributed by atoms with E-state index in [1.54, 1.807) is 0 Å². The van der Waals surface area contributed by atoms with Gasteiger partial charge in [-0.1, -0.05) is 96.8 Å². The first-order chi connectivity index (χ1) is 16.0. The zero-order valence-corrected chi connectivity index (χ0v) is 21.7. The maximum Gasteiger partial charge on any atom is 0.393 e. The lowest BCUT2D eigenvalue weighted by Crippen LogP contribution is -2.36. The third kappa shape index (κ3) is 16.5. The van der Waals surface area contributed by atoms with E-state index in [-0.39, 0.29) is 0 Å². The van der Waals surface area contributed by atoms with E-state index in [1.165, 1.54) is 109 Å². The van der Waals surface area contributed by atoms with Gasteiger partial charge >= 0.3 is 11.7 Å². The van der Waals surface area contributed by atoms with Crippen LogP contribution in [0.4, 0.5) is 17.6 Å². The largest absolute Gasteiger partial charge is 0.743 e. The van der Waals surface area contributed by atoms with Gasteiger partial charge in [-0.3, -0.25) is 0 Å². The molecule has 0 atom stereocenters. The molecule has 0 amide bonds. The number of hydrogen-bond acceptors (Lipinski definition) is 3. The molecular formula is C24H44F4N2O3S. The fourth-order valence-corrected chi connectivity index (χ4v) is 3.80. The van der Waals surface area contributed by atoms with Gasteiger partial charge in [0.25, 0.3) is 0 Å². The van der Waals surface area contributed by atoms with Crippen molar-refractivity contribution in [1.82, 2.24) is 4.57 Å². The highest BCUT2D eigenvalue weighted by Crippen LogP contribution is 2.27. The molecule has 1 aromatic heterocycles. The SMILES string of the molecule is CCCCCCCCCCCCCCCCCC[n+]1ccn(C)c1.O=S(=O)([O-])C(F)(F)C(F)F. The average Bonchev–Trinajstić information content (AvgIpc) is 3.18. The molecule has 202 valence electrons. The number of alkyl halides is 4. The summed E-state index contributed by atoms with van der Waals surface area (Å²) < 4.78 is 77.1. The van der Waals surface area contributed by atoms with Crippen LogP contribution < -0.4 is 4.57 Å². The Labute approximate surface area is 203 Å². The predicted octanol–water partition coefficient (Wildman–Crippen LogP) is 6.96. The van der Waals surface area contributed by atoms with Gasteiger partial charge in [-0.25, -0.2) is 26.3 Å². The Morgan fingerprint density at radius 1 is 0.824 bits per heavy atom. The van der Waals surface area contributed by atoms with E-state index in [2.05, 4.69) is 41.8 Å². The number of nitrogens with zero attached hydrogens (tertiary/aromatic N) is 2. The highest BCUT2D eigenvalue weighted by atomic mass is 32.2. The van der Waals surface area contributed by atoms with Crippen molar-refractivity contribution in [3.05, 3.63) is 18.7 Å². The topological polar surface area (TPSA) is 66.0 Å². The van der Waals surface area contributed by atoms with Crippen LogP contribution in [0.25, 0.3) is 0 Å². The van der Waals surface area contributed by atoms with E-state index in [4.69, 9.17) is 0 Å². The molecule has 0 spiro atoms. The molecule has 0 aromatic carbocycles. The Balaban J connectivity index is 0.000000916. The molecule has 0 aliphatic rings. The fraction of sp³-hybridized carbons (Fsp3) is 0.875. The van der Waals surface area contributed by atoms with Gasteiger partial charge in [-0.05, 0) is 12.8 Å². The fourth-order valence-electron chi connectivity index (χ4n) is 3.59. The molecule has 0 aliphatic heterocycles. The van der Waals surface area contributed by atoms with Crippen molar-refractivity contribution in [2.75, 3.05) is 0 Å². The summed E-state index contributed by atoms with van der Waals surface area (Å²) in [5.41, 5.74) is 0. The second-order valence-electron chi connectivity index (χ2n) is 8.94. The van der Waals surface area contributed by atoms with Gasteiger partial charge in [-0.2, -0.15) is 8.78 Å². The van der Waals surface area contributed by atoms with Gasteiger partial charge in [0.15, 0.2) is 10.1 Å². The number of hydrogen-bond donors (Lipinski definition) is 0. The Morgan fingerprint density at radius 2 is 1.21 bits per heavy atom. The first-order valence-corrected chi connectivity index (χ1v) is 14.1. The smallest absolute Gasteiger partial charge is 0.393 e. The normalized spacial score (nSPS) is 12.1.